The van der Waals surface area contributed by atoms with E-state index in [4.69, 9.17) is 5.26 Å². The Morgan fingerprint density at radius 1 is 1.23 bits per heavy atom. The van der Waals surface area contributed by atoms with Gasteiger partial charge >= 0.3 is 5.69 Å². The molecule has 0 unspecified atom stereocenters. The summed E-state index contributed by atoms with van der Waals surface area (Å²) in [7, 11) is 0. The first kappa shape index (κ1) is 20.9. The zero-order valence-corrected chi connectivity index (χ0v) is 17.2. The number of aromatic nitrogens is 4. The zero-order valence-electron chi connectivity index (χ0n) is 17.2. The van der Waals surface area contributed by atoms with Crippen LogP contribution in [0.25, 0.3) is 0 Å². The van der Waals surface area contributed by atoms with E-state index in [0.29, 0.717) is 17.0 Å². The van der Waals surface area contributed by atoms with E-state index in [2.05, 4.69) is 15.0 Å². The highest BCUT2D eigenvalue weighted by atomic mass is 16.2. The van der Waals surface area contributed by atoms with Crippen LogP contribution < -0.4 is 11.2 Å². The number of aromatic amines is 1. The maximum atomic E-state index is 13.5. The largest absolute Gasteiger partial charge is 0.329 e. The third-order valence-electron chi connectivity index (χ3n) is 4.62. The average Bonchev–Trinajstić information content (AvgIpc) is 2.68. The molecule has 0 aliphatic carbocycles. The number of pyridine rings is 2. The first-order valence-corrected chi connectivity index (χ1v) is 9.43. The minimum absolute atomic E-state index is 0.0135. The number of nitrogens with one attached hydrogen (secondary N) is 1. The van der Waals surface area contributed by atoms with Gasteiger partial charge in [0.15, 0.2) is 0 Å². The van der Waals surface area contributed by atoms with Crippen molar-refractivity contribution < 1.29 is 4.79 Å². The molecule has 0 saturated heterocycles. The maximum Gasteiger partial charge on any atom is 0.329 e. The Balaban J connectivity index is 2.28. The first-order valence-electron chi connectivity index (χ1n) is 9.43. The molecule has 0 fully saturated rings. The molecular formula is C22H21N5O3. The molecule has 152 valence electrons. The SMILES string of the molecule is Cc1cc(C)nc(C(=O)c2c(C(C)C)c(=O)[nH]c(=O)n2Cc2cc(C#N)ccn2)c1. The molecule has 0 aliphatic rings. The molecule has 0 radical (unpaired) electrons. The van der Waals surface area contributed by atoms with Crippen LogP contribution in [0.15, 0.2) is 40.1 Å². The van der Waals surface area contributed by atoms with Crippen LogP contribution >= 0.6 is 0 Å². The number of ketones is 1. The molecule has 3 rings (SSSR count). The summed E-state index contributed by atoms with van der Waals surface area (Å²) in [6.45, 7) is 7.10. The van der Waals surface area contributed by atoms with Crippen LogP contribution in [0.3, 0.4) is 0 Å². The minimum Gasteiger partial charge on any atom is -0.285 e. The van der Waals surface area contributed by atoms with E-state index in [9.17, 15) is 14.4 Å². The van der Waals surface area contributed by atoms with Gasteiger partial charge in [-0.3, -0.25) is 24.1 Å². The molecule has 3 heterocycles. The Kier molecular flexibility index (Phi) is 5.74. The van der Waals surface area contributed by atoms with Crippen LogP contribution in [-0.4, -0.2) is 25.3 Å². The summed E-state index contributed by atoms with van der Waals surface area (Å²) < 4.78 is 1.20. The molecule has 0 aromatic carbocycles. The molecule has 0 amide bonds. The van der Waals surface area contributed by atoms with Gasteiger partial charge in [0, 0.05) is 17.5 Å². The molecule has 0 atom stereocenters. The van der Waals surface area contributed by atoms with Gasteiger partial charge in [0.25, 0.3) is 5.56 Å². The fourth-order valence-corrected chi connectivity index (χ4v) is 3.39. The van der Waals surface area contributed by atoms with Crippen molar-refractivity contribution in [2.45, 2.75) is 40.2 Å². The fraction of sp³-hybridized carbons (Fsp3) is 0.273. The Labute approximate surface area is 172 Å². The third-order valence-corrected chi connectivity index (χ3v) is 4.62. The van der Waals surface area contributed by atoms with Crippen molar-refractivity contribution >= 4 is 5.78 Å². The Hall–Kier alpha value is -3.86. The van der Waals surface area contributed by atoms with Gasteiger partial charge in [-0.25, -0.2) is 9.78 Å². The molecule has 3 aromatic rings. The predicted molar refractivity (Wildman–Crippen MR) is 111 cm³/mol. The fourth-order valence-electron chi connectivity index (χ4n) is 3.39. The molecule has 0 aliphatic heterocycles. The molecule has 0 spiro atoms. The van der Waals surface area contributed by atoms with Crippen LogP contribution in [0.1, 0.15) is 64.0 Å². The van der Waals surface area contributed by atoms with Gasteiger partial charge in [0.1, 0.15) is 11.4 Å². The lowest BCUT2D eigenvalue weighted by molar-refractivity contribution is 0.102. The van der Waals surface area contributed by atoms with Crippen molar-refractivity contribution in [3.05, 3.63) is 90.8 Å². The lowest BCUT2D eigenvalue weighted by atomic mass is 9.98. The summed E-state index contributed by atoms with van der Waals surface area (Å²) in [5, 5.41) is 9.12. The normalized spacial score (nSPS) is 10.8. The standard InChI is InChI=1S/C22H21N5O3/c1-12(2)18-19(20(28)17-8-13(3)7-14(4)25-17)27(22(30)26-21(18)29)11-16-9-15(10-23)5-6-24-16/h5-9,12H,11H2,1-4H3,(H,26,29,30). The number of hydrogen-bond acceptors (Lipinski definition) is 6. The lowest BCUT2D eigenvalue weighted by Crippen LogP contribution is -2.38. The monoisotopic (exact) mass is 403 g/mol. The summed E-state index contributed by atoms with van der Waals surface area (Å²) in [5.41, 5.74) is 1.33. The molecule has 3 aromatic heterocycles. The number of rotatable bonds is 5. The number of hydrogen-bond donors (Lipinski definition) is 1. The molecule has 30 heavy (non-hydrogen) atoms. The highest BCUT2D eigenvalue weighted by Gasteiger charge is 2.25. The second-order valence-electron chi connectivity index (χ2n) is 7.41. The number of carbonyl (C=O) groups is 1. The maximum absolute atomic E-state index is 13.5. The van der Waals surface area contributed by atoms with Crippen molar-refractivity contribution in [2.24, 2.45) is 0 Å². The third kappa shape index (κ3) is 4.10. The van der Waals surface area contributed by atoms with Gasteiger partial charge in [-0.15, -0.1) is 0 Å². The van der Waals surface area contributed by atoms with Crippen LogP contribution in [0.5, 0.6) is 0 Å². The van der Waals surface area contributed by atoms with Gasteiger partial charge in [-0.05, 0) is 49.6 Å². The number of aryl methyl sites for hydroxylation is 2. The van der Waals surface area contributed by atoms with Crippen molar-refractivity contribution in [1.29, 1.82) is 5.26 Å². The number of H-pyrrole nitrogens is 1. The number of nitriles is 1. The van der Waals surface area contributed by atoms with Crippen molar-refractivity contribution in [3.8, 4) is 6.07 Å². The van der Waals surface area contributed by atoms with Crippen LogP contribution in [0.4, 0.5) is 0 Å². The van der Waals surface area contributed by atoms with Gasteiger partial charge in [0.2, 0.25) is 5.78 Å². The average molecular weight is 403 g/mol. The van der Waals surface area contributed by atoms with Crippen LogP contribution in [0, 0.1) is 25.2 Å². The van der Waals surface area contributed by atoms with Crippen molar-refractivity contribution in [2.75, 3.05) is 0 Å². The lowest BCUT2D eigenvalue weighted by Gasteiger charge is -2.17. The van der Waals surface area contributed by atoms with Crippen molar-refractivity contribution in [1.82, 2.24) is 19.5 Å². The second kappa shape index (κ2) is 8.25. The van der Waals surface area contributed by atoms with E-state index in [-0.39, 0.29) is 29.4 Å². The first-order chi connectivity index (χ1) is 14.2. The smallest absolute Gasteiger partial charge is 0.285 e. The summed E-state index contributed by atoms with van der Waals surface area (Å²) in [6, 6.07) is 8.57. The van der Waals surface area contributed by atoms with Gasteiger partial charge in [0.05, 0.1) is 23.9 Å². The summed E-state index contributed by atoms with van der Waals surface area (Å²) in [6.07, 6.45) is 1.46. The zero-order chi connectivity index (χ0) is 22.0. The number of carbonyl (C=O) groups excluding carboxylic acids is 1. The van der Waals surface area contributed by atoms with E-state index in [1.165, 1.54) is 16.8 Å². The van der Waals surface area contributed by atoms with Gasteiger partial charge < -0.3 is 0 Å². The summed E-state index contributed by atoms with van der Waals surface area (Å²) >= 11 is 0. The van der Waals surface area contributed by atoms with E-state index in [1.54, 1.807) is 32.9 Å². The molecule has 8 heteroatoms. The molecule has 0 saturated carbocycles. The highest BCUT2D eigenvalue weighted by Crippen LogP contribution is 2.19. The highest BCUT2D eigenvalue weighted by molar-refractivity contribution is 6.07. The van der Waals surface area contributed by atoms with Gasteiger partial charge in [-0.2, -0.15) is 5.26 Å². The van der Waals surface area contributed by atoms with Crippen LogP contribution in [0.2, 0.25) is 0 Å². The van der Waals surface area contributed by atoms with E-state index in [1.807, 2.05) is 19.1 Å². The van der Waals surface area contributed by atoms with E-state index < -0.39 is 17.0 Å². The number of nitrogens with zero attached hydrogens (tertiary/aromatic N) is 4. The van der Waals surface area contributed by atoms with E-state index in [0.717, 1.165) is 5.56 Å². The summed E-state index contributed by atoms with van der Waals surface area (Å²) in [4.78, 5) is 49.5. The van der Waals surface area contributed by atoms with Gasteiger partial charge in [-0.1, -0.05) is 13.8 Å². The molecule has 0 bridgehead atoms. The summed E-state index contributed by atoms with van der Waals surface area (Å²) in [5.74, 6) is -0.825. The Morgan fingerprint density at radius 2 is 1.97 bits per heavy atom. The molecule has 1 N–H and O–H groups in total. The topological polar surface area (TPSA) is 121 Å². The second-order valence-corrected chi connectivity index (χ2v) is 7.41. The van der Waals surface area contributed by atoms with Crippen molar-refractivity contribution in [3.63, 3.8) is 0 Å². The Morgan fingerprint density at radius 3 is 2.60 bits per heavy atom. The molecule has 8 nitrogen and oxygen atoms in total. The predicted octanol–water partition coefficient (Wildman–Crippen LogP) is 2.22. The Bertz CT molecular complexity index is 1280. The van der Waals surface area contributed by atoms with E-state index >= 15 is 0 Å². The molecular weight excluding hydrogens is 382 g/mol. The van der Waals surface area contributed by atoms with Crippen LogP contribution in [-0.2, 0) is 6.54 Å². The quantitative estimate of drug-likeness (QED) is 0.652. The minimum atomic E-state index is -0.721.